The zero-order valence-electron chi connectivity index (χ0n) is 8.70. The first-order chi connectivity index (χ1) is 8.00. The van der Waals surface area contributed by atoms with Crippen molar-refractivity contribution in [3.8, 4) is 11.5 Å². The Hall–Kier alpha value is -2.02. The van der Waals surface area contributed by atoms with Crippen LogP contribution < -0.4 is 10.5 Å². The van der Waals surface area contributed by atoms with Gasteiger partial charge in [-0.2, -0.15) is 0 Å². The SMILES string of the molecule is NC1=CN=C(COc2ccc(O)cc2)S1(=O)=O. The first-order valence-corrected chi connectivity index (χ1v) is 6.18. The van der Waals surface area contributed by atoms with E-state index in [0.717, 1.165) is 6.20 Å². The topological polar surface area (TPSA) is 102 Å². The maximum atomic E-state index is 11.5. The smallest absolute Gasteiger partial charge is 0.239 e. The molecule has 90 valence electrons. The van der Waals surface area contributed by atoms with E-state index in [1.54, 1.807) is 0 Å². The van der Waals surface area contributed by atoms with Gasteiger partial charge < -0.3 is 15.6 Å². The van der Waals surface area contributed by atoms with Crippen molar-refractivity contribution in [1.29, 1.82) is 0 Å². The summed E-state index contributed by atoms with van der Waals surface area (Å²) < 4.78 is 28.3. The Labute approximate surface area is 98.0 Å². The van der Waals surface area contributed by atoms with Crippen molar-refractivity contribution in [3.05, 3.63) is 35.5 Å². The third-order valence-corrected chi connectivity index (χ3v) is 3.72. The van der Waals surface area contributed by atoms with Crippen LogP contribution in [0.2, 0.25) is 0 Å². The highest BCUT2D eigenvalue weighted by atomic mass is 32.2. The summed E-state index contributed by atoms with van der Waals surface area (Å²) in [6, 6.07) is 5.92. The van der Waals surface area contributed by atoms with Gasteiger partial charge in [-0.1, -0.05) is 0 Å². The molecule has 0 radical (unpaired) electrons. The molecule has 1 heterocycles. The zero-order chi connectivity index (χ0) is 12.5. The Morgan fingerprint density at radius 1 is 1.29 bits per heavy atom. The van der Waals surface area contributed by atoms with E-state index in [1.165, 1.54) is 24.3 Å². The molecule has 0 bridgehead atoms. The predicted octanol–water partition coefficient (Wildman–Crippen LogP) is 0.356. The van der Waals surface area contributed by atoms with E-state index in [2.05, 4.69) is 4.99 Å². The fourth-order valence-electron chi connectivity index (χ4n) is 1.21. The number of nitrogens with two attached hydrogens (primary N) is 1. The van der Waals surface area contributed by atoms with Gasteiger partial charge >= 0.3 is 0 Å². The lowest BCUT2D eigenvalue weighted by Crippen LogP contribution is -2.23. The van der Waals surface area contributed by atoms with E-state index < -0.39 is 9.84 Å². The van der Waals surface area contributed by atoms with Crippen LogP contribution in [-0.4, -0.2) is 25.2 Å². The quantitative estimate of drug-likeness (QED) is 0.810. The average Bonchev–Trinajstić information content (AvgIpc) is 2.54. The first-order valence-electron chi connectivity index (χ1n) is 4.69. The molecule has 0 unspecified atom stereocenters. The largest absolute Gasteiger partial charge is 0.508 e. The lowest BCUT2D eigenvalue weighted by molar-refractivity contribution is 0.377. The molecule has 0 spiro atoms. The van der Waals surface area contributed by atoms with Crippen molar-refractivity contribution in [3.63, 3.8) is 0 Å². The number of hydrogen-bond acceptors (Lipinski definition) is 6. The highest BCUT2D eigenvalue weighted by molar-refractivity contribution is 8.10. The molecule has 1 aromatic carbocycles. The Bertz CT molecular complexity index is 587. The average molecular weight is 254 g/mol. The van der Waals surface area contributed by atoms with E-state index in [-0.39, 0.29) is 22.4 Å². The second-order valence-electron chi connectivity index (χ2n) is 3.34. The maximum absolute atomic E-state index is 11.5. The molecule has 0 saturated heterocycles. The molecular formula is C10H10N2O4S. The third kappa shape index (κ3) is 2.23. The molecule has 6 nitrogen and oxygen atoms in total. The molecule has 3 N–H and O–H groups in total. The molecular weight excluding hydrogens is 244 g/mol. The fourth-order valence-corrected chi connectivity index (χ4v) is 2.08. The van der Waals surface area contributed by atoms with Crippen LogP contribution in [0.15, 0.2) is 40.5 Å². The minimum absolute atomic E-state index is 0.106. The van der Waals surface area contributed by atoms with Gasteiger partial charge in [-0.15, -0.1) is 0 Å². The number of hydrogen-bond donors (Lipinski definition) is 2. The van der Waals surface area contributed by atoms with Gasteiger partial charge in [0.2, 0.25) is 9.84 Å². The number of phenolic OH excluding ortho intramolecular Hbond substituents is 1. The number of rotatable bonds is 3. The van der Waals surface area contributed by atoms with Gasteiger partial charge in [0.1, 0.15) is 18.1 Å². The number of aromatic hydroxyl groups is 1. The van der Waals surface area contributed by atoms with Gasteiger partial charge in [-0.25, -0.2) is 13.4 Å². The second kappa shape index (κ2) is 4.10. The summed E-state index contributed by atoms with van der Waals surface area (Å²) in [5.74, 6) is 0.542. The van der Waals surface area contributed by atoms with Crippen LogP contribution in [0, 0.1) is 0 Å². The maximum Gasteiger partial charge on any atom is 0.239 e. The number of sulfone groups is 1. The van der Waals surface area contributed by atoms with Crippen LogP contribution in [0.1, 0.15) is 0 Å². The Morgan fingerprint density at radius 2 is 1.94 bits per heavy atom. The summed E-state index contributed by atoms with van der Waals surface area (Å²) in [6.45, 7) is -0.190. The van der Waals surface area contributed by atoms with Gasteiger partial charge in [-0.3, -0.25) is 0 Å². The zero-order valence-corrected chi connectivity index (χ0v) is 9.52. The van der Waals surface area contributed by atoms with Gasteiger partial charge in [-0.05, 0) is 24.3 Å². The molecule has 0 aromatic heterocycles. The lowest BCUT2D eigenvalue weighted by atomic mass is 10.3. The van der Waals surface area contributed by atoms with E-state index >= 15 is 0 Å². The standard InChI is InChI=1S/C10H10N2O4S/c11-9-5-12-10(17(9,14)15)6-16-8-3-1-7(13)2-4-8/h1-5,13H,6,11H2. The van der Waals surface area contributed by atoms with Crippen LogP contribution in [0.4, 0.5) is 0 Å². The summed E-state index contributed by atoms with van der Waals surface area (Å²) >= 11 is 0. The number of benzene rings is 1. The van der Waals surface area contributed by atoms with Crippen LogP contribution in [-0.2, 0) is 9.84 Å². The molecule has 2 rings (SSSR count). The molecule has 0 amide bonds. The Kier molecular flexibility index (Phi) is 2.76. The number of phenols is 1. The van der Waals surface area contributed by atoms with Gasteiger partial charge in [0, 0.05) is 0 Å². The van der Waals surface area contributed by atoms with E-state index in [4.69, 9.17) is 15.6 Å². The molecule has 0 fully saturated rings. The van der Waals surface area contributed by atoms with Crippen molar-refractivity contribution in [1.82, 2.24) is 0 Å². The van der Waals surface area contributed by atoms with Gasteiger partial charge in [0.15, 0.2) is 10.1 Å². The third-order valence-electron chi connectivity index (χ3n) is 2.16. The minimum atomic E-state index is -3.63. The molecule has 1 aromatic rings. The number of aliphatic imine (C=N–C) groups is 1. The van der Waals surface area contributed by atoms with Crippen molar-refractivity contribution >= 4 is 14.9 Å². The van der Waals surface area contributed by atoms with Crippen LogP contribution >= 0.6 is 0 Å². The summed E-state index contributed by atoms with van der Waals surface area (Å²) in [4.78, 5) is 3.67. The monoisotopic (exact) mass is 254 g/mol. The van der Waals surface area contributed by atoms with Gasteiger partial charge in [0.05, 0.1) is 6.20 Å². The predicted molar refractivity (Wildman–Crippen MR) is 62.2 cm³/mol. The van der Waals surface area contributed by atoms with E-state index in [1.807, 2.05) is 0 Å². The van der Waals surface area contributed by atoms with Crippen LogP contribution in [0.3, 0.4) is 0 Å². The molecule has 7 heteroatoms. The minimum Gasteiger partial charge on any atom is -0.508 e. The number of nitrogens with zero attached hydrogens (tertiary/aromatic N) is 1. The molecule has 17 heavy (non-hydrogen) atoms. The van der Waals surface area contributed by atoms with E-state index in [0.29, 0.717) is 5.75 Å². The molecule has 1 aliphatic heterocycles. The van der Waals surface area contributed by atoms with Crippen molar-refractivity contribution in [2.45, 2.75) is 0 Å². The number of ether oxygens (including phenoxy) is 1. The Balaban J connectivity index is 2.04. The van der Waals surface area contributed by atoms with Crippen molar-refractivity contribution in [2.24, 2.45) is 10.7 Å². The molecule has 1 aliphatic rings. The molecule has 0 aliphatic carbocycles. The summed E-state index contributed by atoms with van der Waals surface area (Å²) in [6.07, 6.45) is 1.09. The van der Waals surface area contributed by atoms with E-state index in [9.17, 15) is 8.42 Å². The fraction of sp³-hybridized carbons (Fsp3) is 0.100. The summed E-state index contributed by atoms with van der Waals surface area (Å²) in [5.41, 5.74) is 5.26. The van der Waals surface area contributed by atoms with Crippen LogP contribution in [0.25, 0.3) is 0 Å². The van der Waals surface area contributed by atoms with Crippen molar-refractivity contribution < 1.29 is 18.3 Å². The highest BCUT2D eigenvalue weighted by Gasteiger charge is 2.27. The van der Waals surface area contributed by atoms with Crippen LogP contribution in [0.5, 0.6) is 11.5 Å². The summed E-state index contributed by atoms with van der Waals surface area (Å²) in [5, 5.41) is 8.66. The normalized spacial score (nSPS) is 17.4. The summed E-state index contributed by atoms with van der Waals surface area (Å²) in [7, 11) is -3.63. The first kappa shape index (κ1) is 11.5. The molecule has 0 atom stereocenters. The second-order valence-corrected chi connectivity index (χ2v) is 5.29. The highest BCUT2D eigenvalue weighted by Crippen LogP contribution is 2.17. The van der Waals surface area contributed by atoms with Gasteiger partial charge in [0.25, 0.3) is 0 Å². The molecule has 0 saturated carbocycles. The van der Waals surface area contributed by atoms with Crippen molar-refractivity contribution in [2.75, 3.05) is 6.61 Å². The lowest BCUT2D eigenvalue weighted by Gasteiger charge is -2.06. The Morgan fingerprint density at radius 3 is 2.47 bits per heavy atom.